The average Bonchev–Trinajstić information content (AvgIpc) is 3.07. The van der Waals surface area contributed by atoms with E-state index < -0.39 is 6.09 Å². The molecule has 2 aromatic heterocycles. The number of anilines is 4. The SMILES string of the molecule is Nc1ccc(Nc2ncc3cnn(N(C(=O)O)c4ccccc4)c3n2)cc1. The van der Waals surface area contributed by atoms with Crippen molar-refractivity contribution in [3.63, 3.8) is 0 Å². The second-order valence-corrected chi connectivity index (χ2v) is 5.68. The number of nitrogens with one attached hydrogen (secondary N) is 1. The maximum atomic E-state index is 11.8. The van der Waals surface area contributed by atoms with Gasteiger partial charge in [-0.25, -0.2) is 9.78 Å². The van der Waals surface area contributed by atoms with E-state index in [0.717, 1.165) is 10.7 Å². The molecule has 0 spiro atoms. The molecule has 0 radical (unpaired) electrons. The molecule has 0 bridgehead atoms. The number of para-hydroxylation sites is 1. The second kappa shape index (κ2) is 6.64. The van der Waals surface area contributed by atoms with Crippen molar-refractivity contribution in [1.82, 2.24) is 19.9 Å². The molecule has 2 heterocycles. The summed E-state index contributed by atoms with van der Waals surface area (Å²) in [6.45, 7) is 0. The first-order chi connectivity index (χ1) is 13.1. The van der Waals surface area contributed by atoms with Crippen molar-refractivity contribution in [3.8, 4) is 0 Å². The zero-order valence-electron chi connectivity index (χ0n) is 14.0. The van der Waals surface area contributed by atoms with Crippen LogP contribution in [-0.2, 0) is 0 Å². The molecule has 0 atom stereocenters. The Labute approximate surface area is 153 Å². The molecule has 0 saturated heterocycles. The van der Waals surface area contributed by atoms with E-state index in [9.17, 15) is 9.90 Å². The first-order valence-corrected chi connectivity index (χ1v) is 8.03. The van der Waals surface area contributed by atoms with Crippen molar-refractivity contribution >= 4 is 40.1 Å². The number of nitrogen functional groups attached to an aromatic ring is 1. The van der Waals surface area contributed by atoms with E-state index in [0.29, 0.717) is 28.4 Å². The number of carbonyl (C=O) groups is 1. The lowest BCUT2D eigenvalue weighted by molar-refractivity contribution is 0.198. The van der Waals surface area contributed by atoms with E-state index in [4.69, 9.17) is 5.73 Å². The van der Waals surface area contributed by atoms with Crippen molar-refractivity contribution in [3.05, 3.63) is 67.0 Å². The number of nitrogens with zero attached hydrogens (tertiary/aromatic N) is 5. The van der Waals surface area contributed by atoms with Crippen LogP contribution in [0.25, 0.3) is 11.0 Å². The van der Waals surface area contributed by atoms with Gasteiger partial charge in [-0.05, 0) is 36.4 Å². The fourth-order valence-corrected chi connectivity index (χ4v) is 2.58. The van der Waals surface area contributed by atoms with Gasteiger partial charge < -0.3 is 16.2 Å². The molecule has 27 heavy (non-hydrogen) atoms. The molecule has 9 heteroatoms. The summed E-state index contributed by atoms with van der Waals surface area (Å²) >= 11 is 0. The molecular formula is C18H15N7O2. The number of amides is 1. The quantitative estimate of drug-likeness (QED) is 0.477. The normalized spacial score (nSPS) is 10.7. The Bertz CT molecular complexity index is 1090. The topological polar surface area (TPSA) is 122 Å². The van der Waals surface area contributed by atoms with Crippen molar-refractivity contribution in [2.24, 2.45) is 0 Å². The fraction of sp³-hybridized carbons (Fsp3) is 0. The molecule has 1 amide bonds. The molecular weight excluding hydrogens is 346 g/mol. The van der Waals surface area contributed by atoms with Crippen LogP contribution < -0.4 is 16.1 Å². The van der Waals surface area contributed by atoms with Crippen LogP contribution in [0, 0.1) is 0 Å². The number of benzene rings is 2. The number of rotatable bonds is 4. The minimum atomic E-state index is -1.18. The van der Waals surface area contributed by atoms with Gasteiger partial charge in [-0.1, -0.05) is 18.2 Å². The van der Waals surface area contributed by atoms with Crippen LogP contribution in [0.4, 0.5) is 27.8 Å². The standard InChI is InChI=1S/C18H15N7O2/c19-13-6-8-14(9-7-13)22-17-20-10-12-11-21-25(16(12)23-17)24(18(26)27)15-4-2-1-3-5-15/h1-11H,19H2,(H,26,27)(H,20,22,23). The number of fused-ring (bicyclic) bond motifs is 1. The molecule has 4 aromatic rings. The summed E-state index contributed by atoms with van der Waals surface area (Å²) < 4.78 is 0. The minimum Gasteiger partial charge on any atom is -0.463 e. The summed E-state index contributed by atoms with van der Waals surface area (Å²) in [4.78, 5) is 21.7. The third-order valence-corrected chi connectivity index (χ3v) is 3.83. The van der Waals surface area contributed by atoms with Crippen molar-refractivity contribution in [1.29, 1.82) is 0 Å². The lowest BCUT2D eigenvalue weighted by Crippen LogP contribution is -2.35. The van der Waals surface area contributed by atoms with Crippen molar-refractivity contribution in [2.45, 2.75) is 0 Å². The Morgan fingerprint density at radius 2 is 1.81 bits per heavy atom. The lowest BCUT2D eigenvalue weighted by Gasteiger charge is -2.19. The maximum absolute atomic E-state index is 11.8. The number of hydrogen-bond acceptors (Lipinski definition) is 6. The predicted molar refractivity (Wildman–Crippen MR) is 102 cm³/mol. The van der Waals surface area contributed by atoms with E-state index >= 15 is 0 Å². The number of carboxylic acid groups (broad SMARTS) is 1. The third-order valence-electron chi connectivity index (χ3n) is 3.83. The fourth-order valence-electron chi connectivity index (χ4n) is 2.58. The highest BCUT2D eigenvalue weighted by atomic mass is 16.4. The van der Waals surface area contributed by atoms with Gasteiger partial charge in [0.25, 0.3) is 0 Å². The molecule has 0 unspecified atom stereocenters. The largest absolute Gasteiger partial charge is 0.463 e. The Kier molecular flexibility index (Phi) is 4.01. The molecule has 0 fully saturated rings. The van der Waals surface area contributed by atoms with Crippen LogP contribution in [-0.4, -0.2) is 31.1 Å². The highest BCUT2D eigenvalue weighted by Gasteiger charge is 2.20. The van der Waals surface area contributed by atoms with Gasteiger partial charge in [0, 0.05) is 17.6 Å². The van der Waals surface area contributed by atoms with E-state index in [1.165, 1.54) is 11.0 Å². The Balaban J connectivity index is 1.75. The molecule has 2 aromatic carbocycles. The summed E-state index contributed by atoms with van der Waals surface area (Å²) in [5.74, 6) is 0.312. The predicted octanol–water partition coefficient (Wildman–Crippen LogP) is 3.10. The van der Waals surface area contributed by atoms with E-state index in [1.54, 1.807) is 54.7 Å². The second-order valence-electron chi connectivity index (χ2n) is 5.68. The first-order valence-electron chi connectivity index (χ1n) is 8.03. The molecule has 0 aliphatic heterocycles. The van der Waals surface area contributed by atoms with Crippen molar-refractivity contribution < 1.29 is 9.90 Å². The highest BCUT2D eigenvalue weighted by molar-refractivity contribution is 5.88. The highest BCUT2D eigenvalue weighted by Crippen LogP contribution is 2.21. The van der Waals surface area contributed by atoms with Gasteiger partial charge in [0.2, 0.25) is 5.95 Å². The number of nitrogens with two attached hydrogens (primary N) is 1. The molecule has 0 aliphatic rings. The van der Waals surface area contributed by atoms with Crippen LogP contribution in [0.15, 0.2) is 67.0 Å². The zero-order chi connectivity index (χ0) is 18.8. The monoisotopic (exact) mass is 361 g/mol. The van der Waals surface area contributed by atoms with E-state index in [2.05, 4.69) is 20.4 Å². The smallest absolute Gasteiger partial charge is 0.432 e. The summed E-state index contributed by atoms with van der Waals surface area (Å²) in [6.07, 6.45) is 1.91. The number of hydrogen-bond donors (Lipinski definition) is 3. The Hall–Kier alpha value is -4.14. The Morgan fingerprint density at radius 3 is 2.52 bits per heavy atom. The maximum Gasteiger partial charge on any atom is 0.432 e. The molecule has 0 aliphatic carbocycles. The van der Waals surface area contributed by atoms with Gasteiger partial charge in [0.05, 0.1) is 17.3 Å². The van der Waals surface area contributed by atoms with Gasteiger partial charge in [0.15, 0.2) is 5.65 Å². The zero-order valence-corrected chi connectivity index (χ0v) is 14.0. The molecule has 9 nitrogen and oxygen atoms in total. The van der Waals surface area contributed by atoms with Gasteiger partial charge >= 0.3 is 6.09 Å². The molecule has 4 N–H and O–H groups in total. The average molecular weight is 361 g/mol. The summed E-state index contributed by atoms with van der Waals surface area (Å²) in [6, 6.07) is 15.8. The summed E-state index contributed by atoms with van der Waals surface area (Å²) in [5.41, 5.74) is 7.89. The van der Waals surface area contributed by atoms with Crippen molar-refractivity contribution in [2.75, 3.05) is 16.1 Å². The minimum absolute atomic E-state index is 0.312. The van der Waals surface area contributed by atoms with Crippen LogP contribution in [0.1, 0.15) is 0 Å². The Morgan fingerprint density at radius 1 is 1.07 bits per heavy atom. The van der Waals surface area contributed by atoms with E-state index in [1.807, 2.05) is 6.07 Å². The van der Waals surface area contributed by atoms with E-state index in [-0.39, 0.29) is 0 Å². The van der Waals surface area contributed by atoms with Crippen LogP contribution >= 0.6 is 0 Å². The molecule has 0 saturated carbocycles. The summed E-state index contributed by atoms with van der Waals surface area (Å²) in [5, 5.41) is 18.5. The molecule has 4 rings (SSSR count). The van der Waals surface area contributed by atoms with Crippen LogP contribution in [0.2, 0.25) is 0 Å². The van der Waals surface area contributed by atoms with Crippen LogP contribution in [0.3, 0.4) is 0 Å². The first kappa shape index (κ1) is 16.3. The molecule has 134 valence electrons. The summed E-state index contributed by atoms with van der Waals surface area (Å²) in [7, 11) is 0. The van der Waals surface area contributed by atoms with Gasteiger partial charge in [-0.15, -0.1) is 4.79 Å². The third kappa shape index (κ3) is 3.21. The van der Waals surface area contributed by atoms with Gasteiger partial charge in [-0.2, -0.15) is 15.1 Å². The van der Waals surface area contributed by atoms with Gasteiger partial charge in [-0.3, -0.25) is 0 Å². The lowest BCUT2D eigenvalue weighted by atomic mass is 10.3. The van der Waals surface area contributed by atoms with Crippen LogP contribution in [0.5, 0.6) is 0 Å². The number of aromatic nitrogens is 4. The van der Waals surface area contributed by atoms with Gasteiger partial charge in [0.1, 0.15) is 0 Å².